The van der Waals surface area contributed by atoms with E-state index in [-0.39, 0.29) is 17.6 Å². The van der Waals surface area contributed by atoms with Gasteiger partial charge in [-0.15, -0.1) is 0 Å². The SMILES string of the molecule is CC(CN)CNC(=O)C1CCCCS1(=O)=O. The molecule has 0 saturated carbocycles. The Balaban J connectivity index is 2.53. The van der Waals surface area contributed by atoms with E-state index in [1.165, 1.54) is 0 Å². The second kappa shape index (κ2) is 5.63. The number of nitrogens with one attached hydrogen (secondary N) is 1. The van der Waals surface area contributed by atoms with Crippen LogP contribution >= 0.6 is 0 Å². The molecule has 1 saturated heterocycles. The summed E-state index contributed by atoms with van der Waals surface area (Å²) in [6.07, 6.45) is 1.93. The predicted octanol–water partition coefficient (Wildman–Crippen LogP) is -0.335. The Hall–Kier alpha value is -0.620. The fraction of sp³-hybridized carbons (Fsp3) is 0.900. The van der Waals surface area contributed by atoms with Gasteiger partial charge in [0.05, 0.1) is 5.75 Å². The third kappa shape index (κ3) is 3.45. The first-order valence-corrected chi connectivity index (χ1v) is 7.38. The van der Waals surface area contributed by atoms with Gasteiger partial charge in [-0.25, -0.2) is 8.42 Å². The molecule has 6 heteroatoms. The van der Waals surface area contributed by atoms with Crippen molar-refractivity contribution in [3.05, 3.63) is 0 Å². The van der Waals surface area contributed by atoms with Gasteiger partial charge in [0.2, 0.25) is 5.91 Å². The molecule has 1 heterocycles. The number of hydrogen-bond acceptors (Lipinski definition) is 4. The van der Waals surface area contributed by atoms with Crippen LogP contribution in [0, 0.1) is 5.92 Å². The van der Waals surface area contributed by atoms with Crippen LogP contribution in [0.4, 0.5) is 0 Å². The van der Waals surface area contributed by atoms with E-state index in [1.807, 2.05) is 6.92 Å². The first kappa shape index (κ1) is 13.4. The monoisotopic (exact) mass is 248 g/mol. The normalized spacial score (nSPS) is 26.0. The van der Waals surface area contributed by atoms with E-state index in [2.05, 4.69) is 5.32 Å². The topological polar surface area (TPSA) is 89.3 Å². The van der Waals surface area contributed by atoms with Crippen molar-refractivity contribution in [2.45, 2.75) is 31.4 Å². The van der Waals surface area contributed by atoms with Crippen molar-refractivity contribution in [2.24, 2.45) is 11.7 Å². The quantitative estimate of drug-likeness (QED) is 0.712. The molecule has 0 radical (unpaired) electrons. The van der Waals surface area contributed by atoms with E-state index in [9.17, 15) is 13.2 Å². The molecule has 2 unspecified atom stereocenters. The summed E-state index contributed by atoms with van der Waals surface area (Å²) in [7, 11) is -3.22. The predicted molar refractivity (Wildman–Crippen MR) is 62.7 cm³/mol. The Morgan fingerprint density at radius 3 is 2.75 bits per heavy atom. The Labute approximate surface area is 96.7 Å². The minimum Gasteiger partial charge on any atom is -0.355 e. The number of hydrogen-bond donors (Lipinski definition) is 2. The number of carbonyl (C=O) groups excluding carboxylic acids is 1. The molecule has 1 aliphatic rings. The zero-order valence-corrected chi connectivity index (χ0v) is 10.4. The zero-order valence-electron chi connectivity index (χ0n) is 9.61. The lowest BCUT2D eigenvalue weighted by Crippen LogP contribution is -2.44. The van der Waals surface area contributed by atoms with Gasteiger partial charge in [-0.1, -0.05) is 13.3 Å². The maximum Gasteiger partial charge on any atom is 0.238 e. The zero-order chi connectivity index (χ0) is 12.2. The second-order valence-corrected chi connectivity index (χ2v) is 6.74. The molecule has 0 aliphatic carbocycles. The first-order valence-electron chi connectivity index (χ1n) is 5.66. The van der Waals surface area contributed by atoms with Crippen molar-refractivity contribution in [1.82, 2.24) is 5.32 Å². The second-order valence-electron chi connectivity index (χ2n) is 4.44. The highest BCUT2D eigenvalue weighted by atomic mass is 32.2. The van der Waals surface area contributed by atoms with Crippen molar-refractivity contribution >= 4 is 15.7 Å². The molecule has 1 amide bonds. The number of nitrogens with two attached hydrogens (primary N) is 1. The summed E-state index contributed by atoms with van der Waals surface area (Å²) in [5.74, 6) is -0.0485. The number of carbonyl (C=O) groups is 1. The molecule has 0 aromatic carbocycles. The third-order valence-corrected chi connectivity index (χ3v) is 5.07. The van der Waals surface area contributed by atoms with Crippen molar-refractivity contribution < 1.29 is 13.2 Å². The molecule has 0 spiro atoms. The van der Waals surface area contributed by atoms with Crippen LogP contribution in [0.2, 0.25) is 0 Å². The van der Waals surface area contributed by atoms with Crippen LogP contribution < -0.4 is 11.1 Å². The lowest BCUT2D eigenvalue weighted by atomic mass is 10.1. The summed E-state index contributed by atoms with van der Waals surface area (Å²) < 4.78 is 23.3. The van der Waals surface area contributed by atoms with E-state index in [0.717, 1.165) is 6.42 Å². The molecule has 1 fully saturated rings. The van der Waals surface area contributed by atoms with Crippen molar-refractivity contribution in [1.29, 1.82) is 0 Å². The summed E-state index contributed by atoms with van der Waals surface area (Å²) in [5, 5.41) is 1.82. The largest absolute Gasteiger partial charge is 0.355 e. The molecule has 16 heavy (non-hydrogen) atoms. The molecule has 0 aromatic heterocycles. The molecular weight excluding hydrogens is 228 g/mol. The van der Waals surface area contributed by atoms with Gasteiger partial charge >= 0.3 is 0 Å². The minimum absolute atomic E-state index is 0.136. The maximum atomic E-state index is 11.7. The van der Waals surface area contributed by atoms with E-state index < -0.39 is 15.1 Å². The number of amides is 1. The lowest BCUT2D eigenvalue weighted by molar-refractivity contribution is -0.121. The average Bonchev–Trinajstić information content (AvgIpc) is 2.24. The highest BCUT2D eigenvalue weighted by Gasteiger charge is 2.34. The molecule has 3 N–H and O–H groups in total. The highest BCUT2D eigenvalue weighted by Crippen LogP contribution is 2.19. The van der Waals surface area contributed by atoms with Gasteiger partial charge in [-0.3, -0.25) is 4.79 Å². The Morgan fingerprint density at radius 1 is 1.50 bits per heavy atom. The summed E-state index contributed by atoms with van der Waals surface area (Å²) in [6.45, 7) is 2.84. The summed E-state index contributed by atoms with van der Waals surface area (Å²) in [4.78, 5) is 11.7. The number of rotatable bonds is 4. The van der Waals surface area contributed by atoms with Gasteiger partial charge in [-0.2, -0.15) is 0 Å². The molecule has 0 aromatic rings. The minimum atomic E-state index is -3.22. The first-order chi connectivity index (χ1) is 7.47. The Kier molecular flexibility index (Phi) is 4.73. The van der Waals surface area contributed by atoms with Crippen LogP contribution in [-0.2, 0) is 14.6 Å². The summed E-state index contributed by atoms with van der Waals surface area (Å²) >= 11 is 0. The van der Waals surface area contributed by atoms with Crippen molar-refractivity contribution in [3.63, 3.8) is 0 Å². The van der Waals surface area contributed by atoms with Crippen LogP contribution in [0.5, 0.6) is 0 Å². The standard InChI is InChI=1S/C10H20N2O3S/c1-8(6-11)7-12-10(13)9-4-2-3-5-16(9,14)15/h8-9H,2-7,11H2,1H3,(H,12,13). The van der Waals surface area contributed by atoms with Gasteiger partial charge in [0.1, 0.15) is 5.25 Å². The smallest absolute Gasteiger partial charge is 0.238 e. The third-order valence-electron chi connectivity index (χ3n) is 2.90. The van der Waals surface area contributed by atoms with E-state index in [1.54, 1.807) is 0 Å². The molecule has 0 bridgehead atoms. The Morgan fingerprint density at radius 2 is 2.19 bits per heavy atom. The fourth-order valence-corrected chi connectivity index (χ4v) is 3.55. The van der Waals surface area contributed by atoms with Crippen LogP contribution in [0.1, 0.15) is 26.2 Å². The fourth-order valence-electron chi connectivity index (χ4n) is 1.72. The van der Waals surface area contributed by atoms with Gasteiger partial charge in [-0.05, 0) is 25.3 Å². The molecule has 1 rings (SSSR count). The van der Waals surface area contributed by atoms with Crippen LogP contribution in [0.3, 0.4) is 0 Å². The van der Waals surface area contributed by atoms with Gasteiger partial charge in [0, 0.05) is 6.54 Å². The molecule has 94 valence electrons. The lowest BCUT2D eigenvalue weighted by Gasteiger charge is -2.22. The van der Waals surface area contributed by atoms with Crippen LogP contribution in [0.15, 0.2) is 0 Å². The Bertz CT molecular complexity index is 340. The highest BCUT2D eigenvalue weighted by molar-refractivity contribution is 7.92. The molecule has 5 nitrogen and oxygen atoms in total. The maximum absolute atomic E-state index is 11.7. The van der Waals surface area contributed by atoms with E-state index in [4.69, 9.17) is 5.73 Å². The molecule has 1 aliphatic heterocycles. The van der Waals surface area contributed by atoms with Gasteiger partial charge in [0.25, 0.3) is 0 Å². The van der Waals surface area contributed by atoms with Crippen LogP contribution in [-0.4, -0.2) is 38.4 Å². The van der Waals surface area contributed by atoms with Crippen LogP contribution in [0.25, 0.3) is 0 Å². The van der Waals surface area contributed by atoms with E-state index >= 15 is 0 Å². The van der Waals surface area contributed by atoms with Crippen molar-refractivity contribution in [3.8, 4) is 0 Å². The van der Waals surface area contributed by atoms with Gasteiger partial charge in [0.15, 0.2) is 9.84 Å². The summed E-state index contributed by atoms with van der Waals surface area (Å²) in [6, 6.07) is 0. The molecule has 2 atom stereocenters. The molecular formula is C10H20N2O3S. The average molecular weight is 248 g/mol. The van der Waals surface area contributed by atoms with Gasteiger partial charge < -0.3 is 11.1 Å². The van der Waals surface area contributed by atoms with Crippen molar-refractivity contribution in [2.75, 3.05) is 18.8 Å². The summed E-state index contributed by atoms with van der Waals surface area (Å²) in [5.41, 5.74) is 5.42. The number of sulfone groups is 1. The van der Waals surface area contributed by atoms with E-state index in [0.29, 0.717) is 25.9 Å².